The second kappa shape index (κ2) is 10.3. The lowest BCUT2D eigenvalue weighted by molar-refractivity contribution is -0.116. The molecule has 1 fully saturated rings. The van der Waals surface area contributed by atoms with Gasteiger partial charge in [-0.15, -0.1) is 0 Å². The summed E-state index contributed by atoms with van der Waals surface area (Å²) in [5.41, 5.74) is 1.59. The number of hydrogen-bond donors (Lipinski definition) is 3. The second-order valence-electron chi connectivity index (χ2n) is 7.19. The molecule has 1 aliphatic rings. The monoisotopic (exact) mass is 418 g/mol. The molecule has 3 amide bonds. The number of hydrogen-bond acceptors (Lipinski definition) is 4. The first-order valence-electron chi connectivity index (χ1n) is 9.88. The molecule has 0 radical (unpaired) electrons. The normalized spacial score (nSPS) is 15.1. The van der Waals surface area contributed by atoms with Crippen LogP contribution in [0.25, 0.3) is 0 Å². The molecule has 0 aliphatic carbocycles. The van der Waals surface area contributed by atoms with E-state index in [0.717, 1.165) is 37.3 Å². The molecule has 0 spiro atoms. The molecule has 1 saturated heterocycles. The van der Waals surface area contributed by atoms with Crippen molar-refractivity contribution in [2.75, 3.05) is 31.5 Å². The summed E-state index contributed by atoms with van der Waals surface area (Å²) < 4.78 is 5.55. The molecule has 7 nitrogen and oxygen atoms in total. The Balaban J connectivity index is 1.40. The summed E-state index contributed by atoms with van der Waals surface area (Å²) in [4.78, 5) is 26.5. The highest BCUT2D eigenvalue weighted by molar-refractivity contribution is 6.33. The predicted molar refractivity (Wildman–Crippen MR) is 113 cm³/mol. The molecule has 1 aromatic heterocycles. The van der Waals surface area contributed by atoms with Gasteiger partial charge in [-0.1, -0.05) is 17.7 Å². The summed E-state index contributed by atoms with van der Waals surface area (Å²) in [6.45, 7) is 4.60. The number of aryl methyl sites for hydroxylation is 1. The number of nitrogens with one attached hydrogen (secondary N) is 3. The van der Waals surface area contributed by atoms with Gasteiger partial charge >= 0.3 is 6.03 Å². The van der Waals surface area contributed by atoms with Gasteiger partial charge in [-0.2, -0.15) is 0 Å². The summed E-state index contributed by atoms with van der Waals surface area (Å²) in [5, 5.41) is 8.85. The third-order valence-electron chi connectivity index (χ3n) is 4.95. The third-order valence-corrected chi connectivity index (χ3v) is 5.26. The molecule has 2 aromatic rings. The number of benzene rings is 1. The van der Waals surface area contributed by atoms with Gasteiger partial charge in [-0.05, 0) is 62.7 Å². The molecule has 1 aliphatic heterocycles. The van der Waals surface area contributed by atoms with Crippen LogP contribution in [0.3, 0.4) is 0 Å². The number of likely N-dealkylation sites (tertiary alicyclic amines) is 1. The summed E-state index contributed by atoms with van der Waals surface area (Å²) in [5.74, 6) is 0.642. The fourth-order valence-electron chi connectivity index (χ4n) is 3.42. The lowest BCUT2D eigenvalue weighted by Gasteiger charge is -2.26. The molecule has 3 rings (SSSR count). The Bertz CT molecular complexity index is 819. The molecule has 3 N–H and O–H groups in total. The number of anilines is 1. The van der Waals surface area contributed by atoms with Gasteiger partial charge in [0.05, 0.1) is 23.0 Å². The van der Waals surface area contributed by atoms with Crippen LogP contribution in [0.2, 0.25) is 5.02 Å². The second-order valence-corrected chi connectivity index (χ2v) is 7.60. The Morgan fingerprint density at radius 3 is 2.69 bits per heavy atom. The van der Waals surface area contributed by atoms with E-state index in [4.69, 9.17) is 16.0 Å². The van der Waals surface area contributed by atoms with Crippen molar-refractivity contribution in [2.24, 2.45) is 0 Å². The zero-order chi connectivity index (χ0) is 20.6. The zero-order valence-electron chi connectivity index (χ0n) is 16.5. The number of carbonyl (C=O) groups excluding carboxylic acids is 2. The first kappa shape index (κ1) is 21.2. The minimum Gasteiger partial charge on any atom is -0.468 e. The van der Waals surface area contributed by atoms with E-state index >= 15 is 0 Å². The van der Waals surface area contributed by atoms with Gasteiger partial charge in [0.2, 0.25) is 5.91 Å². The van der Waals surface area contributed by atoms with Crippen molar-refractivity contribution < 1.29 is 14.0 Å². The van der Waals surface area contributed by atoms with Gasteiger partial charge < -0.3 is 20.4 Å². The van der Waals surface area contributed by atoms with Gasteiger partial charge in [0, 0.05) is 19.5 Å². The molecule has 29 heavy (non-hydrogen) atoms. The molecule has 1 atom stereocenters. The summed E-state index contributed by atoms with van der Waals surface area (Å²) in [6.07, 6.45) is 4.12. The quantitative estimate of drug-likeness (QED) is 0.610. The minimum atomic E-state index is -0.304. The Kier molecular flexibility index (Phi) is 7.55. The lowest BCUT2D eigenvalue weighted by atomic mass is 10.2. The largest absolute Gasteiger partial charge is 0.468 e. The standard InChI is InChI=1S/C21H27ClN4O3/c1-15-6-7-17(16(22)13-15)25-20(27)8-9-23-21(28)24-14-18(19-5-4-12-29-19)26-10-2-3-11-26/h4-7,12-13,18H,2-3,8-11,14H2,1H3,(H,25,27)(H2,23,24,28). The number of rotatable bonds is 8. The highest BCUT2D eigenvalue weighted by Gasteiger charge is 2.25. The molecule has 2 heterocycles. The van der Waals surface area contributed by atoms with Gasteiger partial charge in [-0.3, -0.25) is 9.69 Å². The first-order valence-corrected chi connectivity index (χ1v) is 10.3. The van der Waals surface area contributed by atoms with Crippen LogP contribution in [0.15, 0.2) is 41.0 Å². The zero-order valence-corrected chi connectivity index (χ0v) is 17.3. The SMILES string of the molecule is Cc1ccc(NC(=O)CCNC(=O)NCC(c2ccco2)N2CCCC2)c(Cl)c1. The van der Waals surface area contributed by atoms with Crippen LogP contribution in [0, 0.1) is 6.92 Å². The van der Waals surface area contributed by atoms with Crippen LogP contribution in [0.4, 0.5) is 10.5 Å². The van der Waals surface area contributed by atoms with E-state index in [-0.39, 0.29) is 30.9 Å². The number of amides is 3. The molecule has 8 heteroatoms. The van der Waals surface area contributed by atoms with Crippen LogP contribution in [-0.4, -0.2) is 43.0 Å². The molecule has 1 aromatic carbocycles. The van der Waals surface area contributed by atoms with E-state index in [1.165, 1.54) is 0 Å². The van der Waals surface area contributed by atoms with E-state index in [1.54, 1.807) is 18.4 Å². The van der Waals surface area contributed by atoms with Crippen molar-refractivity contribution in [3.8, 4) is 0 Å². The summed E-state index contributed by atoms with van der Waals surface area (Å²) in [7, 11) is 0. The molecule has 0 bridgehead atoms. The fraction of sp³-hybridized carbons (Fsp3) is 0.429. The Morgan fingerprint density at radius 1 is 1.21 bits per heavy atom. The third kappa shape index (κ3) is 6.24. The Hall–Kier alpha value is -2.51. The smallest absolute Gasteiger partial charge is 0.314 e. The molecule has 156 valence electrons. The molecule has 1 unspecified atom stereocenters. The first-order chi connectivity index (χ1) is 14.0. The molecular formula is C21H27ClN4O3. The minimum absolute atomic E-state index is 0.0187. The van der Waals surface area contributed by atoms with Gasteiger partial charge in [-0.25, -0.2) is 4.79 Å². The highest BCUT2D eigenvalue weighted by atomic mass is 35.5. The van der Waals surface area contributed by atoms with E-state index in [2.05, 4.69) is 20.9 Å². The van der Waals surface area contributed by atoms with Crippen molar-refractivity contribution in [2.45, 2.75) is 32.2 Å². The molecule has 0 saturated carbocycles. The van der Waals surface area contributed by atoms with E-state index in [1.807, 2.05) is 25.1 Å². The van der Waals surface area contributed by atoms with E-state index < -0.39 is 0 Å². The summed E-state index contributed by atoms with van der Waals surface area (Å²) in [6, 6.07) is 8.94. The number of halogens is 1. The average Bonchev–Trinajstić information content (AvgIpc) is 3.39. The van der Waals surface area contributed by atoms with Crippen LogP contribution >= 0.6 is 11.6 Å². The van der Waals surface area contributed by atoms with E-state index in [0.29, 0.717) is 17.3 Å². The van der Waals surface area contributed by atoms with Gasteiger partial charge in [0.1, 0.15) is 5.76 Å². The van der Waals surface area contributed by atoms with Gasteiger partial charge in [0.25, 0.3) is 0 Å². The topological polar surface area (TPSA) is 86.6 Å². The predicted octanol–water partition coefficient (Wildman–Crippen LogP) is 3.71. The van der Waals surface area contributed by atoms with Crippen molar-refractivity contribution in [3.63, 3.8) is 0 Å². The van der Waals surface area contributed by atoms with Crippen molar-refractivity contribution in [1.29, 1.82) is 0 Å². The number of furan rings is 1. The maximum atomic E-state index is 12.1. The fourth-order valence-corrected chi connectivity index (χ4v) is 3.70. The van der Waals surface area contributed by atoms with Crippen molar-refractivity contribution >= 4 is 29.2 Å². The van der Waals surface area contributed by atoms with Crippen LogP contribution in [0.5, 0.6) is 0 Å². The maximum Gasteiger partial charge on any atom is 0.314 e. The number of carbonyl (C=O) groups is 2. The van der Waals surface area contributed by atoms with Crippen LogP contribution in [-0.2, 0) is 4.79 Å². The lowest BCUT2D eigenvalue weighted by Crippen LogP contribution is -2.42. The number of nitrogens with zero attached hydrogens (tertiary/aromatic N) is 1. The van der Waals surface area contributed by atoms with Crippen LogP contribution < -0.4 is 16.0 Å². The van der Waals surface area contributed by atoms with Crippen molar-refractivity contribution in [3.05, 3.63) is 52.9 Å². The molecular weight excluding hydrogens is 392 g/mol. The van der Waals surface area contributed by atoms with Gasteiger partial charge in [0.15, 0.2) is 0 Å². The van der Waals surface area contributed by atoms with Crippen molar-refractivity contribution in [1.82, 2.24) is 15.5 Å². The Labute approximate surface area is 175 Å². The average molecular weight is 419 g/mol. The Morgan fingerprint density at radius 2 is 2.00 bits per heavy atom. The van der Waals surface area contributed by atoms with Crippen LogP contribution in [0.1, 0.15) is 36.6 Å². The highest BCUT2D eigenvalue weighted by Crippen LogP contribution is 2.25. The summed E-state index contributed by atoms with van der Waals surface area (Å²) >= 11 is 6.12. The maximum absolute atomic E-state index is 12.1. The number of urea groups is 1. The van der Waals surface area contributed by atoms with E-state index in [9.17, 15) is 9.59 Å².